The van der Waals surface area contributed by atoms with Crippen molar-refractivity contribution in [2.45, 2.75) is 19.3 Å². The smallest absolute Gasteiger partial charge is 0.250 e. The third kappa shape index (κ3) is 2.72. The molecule has 0 saturated carbocycles. The third-order valence-corrected chi connectivity index (χ3v) is 2.69. The van der Waals surface area contributed by atoms with Crippen molar-refractivity contribution < 1.29 is 9.59 Å². The van der Waals surface area contributed by atoms with E-state index in [0.717, 1.165) is 18.5 Å². The van der Waals surface area contributed by atoms with Crippen molar-refractivity contribution in [3.05, 3.63) is 41.6 Å². The standard InChI is InChI=1S/C13H14N2O2/c14-13(17)11-6-1-2-7-12(11)15-9-4-3-5-10(16)8-9/h1-2,6-8,15H,3-5H2,(H2,14,17). The Bertz CT molecular complexity index is 492. The summed E-state index contributed by atoms with van der Waals surface area (Å²) in [5.74, 6) is -0.355. The Kier molecular flexibility index (Phi) is 3.23. The van der Waals surface area contributed by atoms with Crippen LogP contribution in [0.3, 0.4) is 0 Å². The summed E-state index contributed by atoms with van der Waals surface area (Å²) < 4.78 is 0. The van der Waals surface area contributed by atoms with Crippen LogP contribution in [0.25, 0.3) is 0 Å². The van der Waals surface area contributed by atoms with E-state index in [2.05, 4.69) is 5.32 Å². The first kappa shape index (κ1) is 11.4. The molecule has 0 spiro atoms. The fraction of sp³-hybridized carbons (Fsp3) is 0.231. The van der Waals surface area contributed by atoms with Crippen molar-refractivity contribution in [1.29, 1.82) is 0 Å². The second kappa shape index (κ2) is 4.82. The number of rotatable bonds is 3. The van der Waals surface area contributed by atoms with Gasteiger partial charge in [0.15, 0.2) is 5.78 Å². The first-order valence-corrected chi connectivity index (χ1v) is 5.56. The van der Waals surface area contributed by atoms with Gasteiger partial charge in [-0.2, -0.15) is 0 Å². The van der Waals surface area contributed by atoms with E-state index in [1.54, 1.807) is 24.3 Å². The number of nitrogens with one attached hydrogen (secondary N) is 1. The lowest BCUT2D eigenvalue weighted by atomic mass is 10.0. The number of nitrogens with two attached hydrogens (primary N) is 1. The van der Waals surface area contributed by atoms with Crippen molar-refractivity contribution in [3.8, 4) is 0 Å². The highest BCUT2D eigenvalue weighted by atomic mass is 16.1. The Balaban J connectivity index is 2.24. The number of para-hydroxylation sites is 1. The van der Waals surface area contributed by atoms with Crippen LogP contribution in [0.2, 0.25) is 0 Å². The van der Waals surface area contributed by atoms with Gasteiger partial charge in [-0.1, -0.05) is 12.1 Å². The van der Waals surface area contributed by atoms with Crippen LogP contribution < -0.4 is 11.1 Å². The second-order valence-corrected chi connectivity index (χ2v) is 4.02. The molecule has 1 amide bonds. The molecule has 0 bridgehead atoms. The van der Waals surface area contributed by atoms with Crippen molar-refractivity contribution in [2.24, 2.45) is 5.73 Å². The predicted molar refractivity (Wildman–Crippen MR) is 65.5 cm³/mol. The molecule has 17 heavy (non-hydrogen) atoms. The van der Waals surface area contributed by atoms with Gasteiger partial charge in [-0.25, -0.2) is 0 Å². The predicted octanol–water partition coefficient (Wildman–Crippen LogP) is 1.83. The SMILES string of the molecule is NC(=O)c1ccccc1NC1=CC(=O)CCC1. The maximum atomic E-state index is 11.3. The average molecular weight is 230 g/mol. The molecule has 1 aromatic carbocycles. The number of primary amides is 1. The van der Waals surface area contributed by atoms with Crippen LogP contribution in [0, 0.1) is 0 Å². The lowest BCUT2D eigenvalue weighted by Gasteiger charge is -2.16. The lowest BCUT2D eigenvalue weighted by molar-refractivity contribution is -0.115. The average Bonchev–Trinajstić information content (AvgIpc) is 2.29. The van der Waals surface area contributed by atoms with Gasteiger partial charge in [0.1, 0.15) is 0 Å². The molecule has 0 atom stereocenters. The molecule has 88 valence electrons. The van der Waals surface area contributed by atoms with Crippen molar-refractivity contribution >= 4 is 17.4 Å². The summed E-state index contributed by atoms with van der Waals surface area (Å²) in [6.07, 6.45) is 3.86. The number of hydrogen-bond donors (Lipinski definition) is 2. The van der Waals surface area contributed by atoms with E-state index < -0.39 is 5.91 Å². The van der Waals surface area contributed by atoms with Crippen LogP contribution in [0.15, 0.2) is 36.0 Å². The highest BCUT2D eigenvalue weighted by molar-refractivity contribution is 5.99. The molecule has 0 unspecified atom stereocenters. The molecule has 2 rings (SSSR count). The number of amides is 1. The quantitative estimate of drug-likeness (QED) is 0.832. The zero-order valence-corrected chi connectivity index (χ0v) is 9.40. The maximum Gasteiger partial charge on any atom is 0.250 e. The zero-order chi connectivity index (χ0) is 12.3. The number of carbonyl (C=O) groups is 2. The summed E-state index contributed by atoms with van der Waals surface area (Å²) in [5.41, 5.74) is 7.21. The molecule has 0 radical (unpaired) electrons. The number of anilines is 1. The number of hydrogen-bond acceptors (Lipinski definition) is 3. The highest BCUT2D eigenvalue weighted by Gasteiger charge is 2.12. The molecule has 0 heterocycles. The number of ketones is 1. The molecule has 1 aliphatic rings. The van der Waals surface area contributed by atoms with E-state index in [4.69, 9.17) is 5.73 Å². The van der Waals surface area contributed by atoms with Crippen LogP contribution in [-0.2, 0) is 4.79 Å². The van der Waals surface area contributed by atoms with E-state index in [1.807, 2.05) is 6.07 Å². The fourth-order valence-electron chi connectivity index (χ4n) is 1.87. The van der Waals surface area contributed by atoms with Gasteiger partial charge in [0.05, 0.1) is 11.3 Å². The lowest BCUT2D eigenvalue weighted by Crippen LogP contribution is -2.15. The Morgan fingerprint density at radius 3 is 2.71 bits per heavy atom. The minimum atomic E-state index is -0.476. The summed E-state index contributed by atoms with van der Waals surface area (Å²) in [4.78, 5) is 22.5. The van der Waals surface area contributed by atoms with Gasteiger partial charge in [-0.05, 0) is 25.0 Å². The minimum absolute atomic E-state index is 0.121. The fourth-order valence-corrected chi connectivity index (χ4v) is 1.87. The van der Waals surface area contributed by atoms with Crippen molar-refractivity contribution in [1.82, 2.24) is 0 Å². The van der Waals surface area contributed by atoms with Gasteiger partial charge < -0.3 is 11.1 Å². The molecule has 4 heteroatoms. The van der Waals surface area contributed by atoms with E-state index in [9.17, 15) is 9.59 Å². The molecule has 0 fully saturated rings. The summed E-state index contributed by atoms with van der Waals surface area (Å²) >= 11 is 0. The van der Waals surface area contributed by atoms with E-state index in [-0.39, 0.29) is 5.78 Å². The van der Waals surface area contributed by atoms with Crippen LogP contribution in [0.5, 0.6) is 0 Å². The van der Waals surface area contributed by atoms with E-state index in [1.165, 1.54) is 0 Å². The molecule has 1 aliphatic carbocycles. The van der Waals surface area contributed by atoms with Crippen LogP contribution in [0.4, 0.5) is 5.69 Å². The van der Waals surface area contributed by atoms with Gasteiger partial charge in [-0.3, -0.25) is 9.59 Å². The van der Waals surface area contributed by atoms with Crippen LogP contribution >= 0.6 is 0 Å². The van der Waals surface area contributed by atoms with E-state index in [0.29, 0.717) is 17.7 Å². The largest absolute Gasteiger partial charge is 0.366 e. The minimum Gasteiger partial charge on any atom is -0.366 e. The van der Waals surface area contributed by atoms with E-state index >= 15 is 0 Å². The molecule has 0 aromatic heterocycles. The number of carbonyl (C=O) groups excluding carboxylic acids is 2. The monoisotopic (exact) mass is 230 g/mol. The number of benzene rings is 1. The van der Waals surface area contributed by atoms with Gasteiger partial charge in [-0.15, -0.1) is 0 Å². The first-order valence-electron chi connectivity index (χ1n) is 5.56. The maximum absolute atomic E-state index is 11.3. The van der Waals surface area contributed by atoms with Gasteiger partial charge in [0.25, 0.3) is 5.91 Å². The molecule has 0 saturated heterocycles. The zero-order valence-electron chi connectivity index (χ0n) is 9.40. The topological polar surface area (TPSA) is 72.2 Å². The van der Waals surface area contributed by atoms with Crippen LogP contribution in [0.1, 0.15) is 29.6 Å². The summed E-state index contributed by atoms with van der Waals surface area (Å²) in [6, 6.07) is 7.02. The Morgan fingerprint density at radius 2 is 2.00 bits per heavy atom. The molecule has 1 aromatic rings. The Morgan fingerprint density at radius 1 is 1.24 bits per heavy atom. The molecule has 3 N–H and O–H groups in total. The first-order chi connectivity index (χ1) is 8.16. The Hall–Kier alpha value is -2.10. The molecular weight excluding hydrogens is 216 g/mol. The van der Waals surface area contributed by atoms with Gasteiger partial charge >= 0.3 is 0 Å². The summed E-state index contributed by atoms with van der Waals surface area (Å²) in [7, 11) is 0. The number of allylic oxidation sites excluding steroid dienone is 2. The molecule has 4 nitrogen and oxygen atoms in total. The third-order valence-electron chi connectivity index (χ3n) is 2.69. The van der Waals surface area contributed by atoms with Gasteiger partial charge in [0, 0.05) is 18.2 Å². The molecule has 0 aliphatic heterocycles. The highest BCUT2D eigenvalue weighted by Crippen LogP contribution is 2.21. The second-order valence-electron chi connectivity index (χ2n) is 4.02. The van der Waals surface area contributed by atoms with Crippen LogP contribution in [-0.4, -0.2) is 11.7 Å². The summed E-state index contributed by atoms with van der Waals surface area (Å²) in [5, 5.41) is 3.10. The normalized spacial score (nSPS) is 15.3. The van der Waals surface area contributed by atoms with Crippen molar-refractivity contribution in [2.75, 3.05) is 5.32 Å². The summed E-state index contributed by atoms with van der Waals surface area (Å²) in [6.45, 7) is 0. The molecular formula is C13H14N2O2. The van der Waals surface area contributed by atoms with Gasteiger partial charge in [0.2, 0.25) is 0 Å². The van der Waals surface area contributed by atoms with Crippen molar-refractivity contribution in [3.63, 3.8) is 0 Å². The Labute approximate surface area is 99.5 Å².